The van der Waals surface area contributed by atoms with Gasteiger partial charge >= 0.3 is 5.69 Å². The van der Waals surface area contributed by atoms with Gasteiger partial charge in [0.2, 0.25) is 11.8 Å². The van der Waals surface area contributed by atoms with Crippen molar-refractivity contribution in [1.29, 1.82) is 0 Å². The summed E-state index contributed by atoms with van der Waals surface area (Å²) in [6, 6.07) is 0. The van der Waals surface area contributed by atoms with Gasteiger partial charge < -0.3 is 15.7 Å². The van der Waals surface area contributed by atoms with Crippen LogP contribution in [0.1, 0.15) is 12.1 Å². The molecule has 1 aromatic rings. The van der Waals surface area contributed by atoms with Crippen molar-refractivity contribution in [2.24, 2.45) is 5.92 Å². The van der Waals surface area contributed by atoms with Gasteiger partial charge in [0.1, 0.15) is 5.69 Å². The van der Waals surface area contributed by atoms with Crippen molar-refractivity contribution < 1.29 is 10.0 Å². The Morgan fingerprint density at radius 2 is 2.33 bits per heavy atom. The summed E-state index contributed by atoms with van der Waals surface area (Å²) in [5.41, 5.74) is 5.69. The SMILES string of the molecule is Cc1nc(N)nc(N2CCC(CO)C2)c1[N+](=O)[O-]. The Morgan fingerprint density at radius 3 is 2.89 bits per heavy atom. The van der Waals surface area contributed by atoms with E-state index in [9.17, 15) is 10.1 Å². The van der Waals surface area contributed by atoms with E-state index in [0.29, 0.717) is 13.1 Å². The van der Waals surface area contributed by atoms with E-state index in [1.165, 1.54) is 0 Å². The predicted octanol–water partition coefficient (Wildman–Crippen LogP) is 0.0940. The highest BCUT2D eigenvalue weighted by Gasteiger charge is 2.30. The molecular formula is C10H15N5O3. The Morgan fingerprint density at radius 1 is 1.61 bits per heavy atom. The smallest absolute Gasteiger partial charge is 0.332 e. The van der Waals surface area contributed by atoms with Crippen LogP contribution >= 0.6 is 0 Å². The average Bonchev–Trinajstić information content (AvgIpc) is 2.75. The lowest BCUT2D eigenvalue weighted by atomic mass is 10.1. The second-order valence-corrected chi connectivity index (χ2v) is 4.38. The molecule has 1 aliphatic rings. The third kappa shape index (κ3) is 2.19. The lowest BCUT2D eigenvalue weighted by molar-refractivity contribution is -0.385. The van der Waals surface area contributed by atoms with Gasteiger partial charge in [-0.05, 0) is 13.3 Å². The number of nitrogen functional groups attached to an aromatic ring is 1. The van der Waals surface area contributed by atoms with Crippen molar-refractivity contribution in [2.75, 3.05) is 30.3 Å². The van der Waals surface area contributed by atoms with Gasteiger partial charge in [-0.1, -0.05) is 0 Å². The lowest BCUT2D eigenvalue weighted by Crippen LogP contribution is -2.24. The average molecular weight is 253 g/mol. The molecule has 0 aliphatic carbocycles. The number of aromatic nitrogens is 2. The molecular weight excluding hydrogens is 238 g/mol. The highest BCUT2D eigenvalue weighted by molar-refractivity contribution is 5.62. The van der Waals surface area contributed by atoms with E-state index in [4.69, 9.17) is 10.8 Å². The number of nitro groups is 1. The number of rotatable bonds is 3. The van der Waals surface area contributed by atoms with Gasteiger partial charge in [-0.2, -0.15) is 4.98 Å². The lowest BCUT2D eigenvalue weighted by Gasteiger charge is -2.17. The van der Waals surface area contributed by atoms with Crippen LogP contribution in [0, 0.1) is 23.0 Å². The van der Waals surface area contributed by atoms with Gasteiger partial charge in [-0.25, -0.2) is 4.98 Å². The summed E-state index contributed by atoms with van der Waals surface area (Å²) in [4.78, 5) is 20.2. The summed E-state index contributed by atoms with van der Waals surface area (Å²) in [6.45, 7) is 2.79. The van der Waals surface area contributed by atoms with Crippen molar-refractivity contribution in [3.63, 3.8) is 0 Å². The van der Waals surface area contributed by atoms with Gasteiger partial charge in [-0.3, -0.25) is 10.1 Å². The molecule has 0 aromatic carbocycles. The Hall–Kier alpha value is -1.96. The van der Waals surface area contributed by atoms with E-state index in [2.05, 4.69) is 9.97 Å². The minimum absolute atomic E-state index is 0.0283. The van der Waals surface area contributed by atoms with Crippen LogP contribution in [0.25, 0.3) is 0 Å². The molecule has 1 unspecified atom stereocenters. The van der Waals surface area contributed by atoms with Crippen LogP contribution in [0.2, 0.25) is 0 Å². The monoisotopic (exact) mass is 253 g/mol. The first-order chi connectivity index (χ1) is 8.52. The molecule has 0 bridgehead atoms. The first-order valence-electron chi connectivity index (χ1n) is 5.67. The van der Waals surface area contributed by atoms with E-state index < -0.39 is 4.92 Å². The number of nitrogens with two attached hydrogens (primary N) is 1. The van der Waals surface area contributed by atoms with Crippen molar-refractivity contribution in [1.82, 2.24) is 9.97 Å². The predicted molar refractivity (Wildman–Crippen MR) is 65.2 cm³/mol. The van der Waals surface area contributed by atoms with Crippen LogP contribution < -0.4 is 10.6 Å². The Kier molecular flexibility index (Phi) is 3.28. The van der Waals surface area contributed by atoms with E-state index in [1.54, 1.807) is 11.8 Å². The second kappa shape index (κ2) is 4.73. The van der Waals surface area contributed by atoms with Crippen LogP contribution in [0.15, 0.2) is 0 Å². The molecule has 3 N–H and O–H groups in total. The molecule has 0 spiro atoms. The minimum Gasteiger partial charge on any atom is -0.396 e. The van der Waals surface area contributed by atoms with E-state index in [1.807, 2.05) is 0 Å². The van der Waals surface area contributed by atoms with Gasteiger partial charge in [-0.15, -0.1) is 0 Å². The van der Waals surface area contributed by atoms with Crippen molar-refractivity contribution in [2.45, 2.75) is 13.3 Å². The molecule has 0 radical (unpaired) electrons. The topological polar surface area (TPSA) is 118 Å². The first kappa shape index (κ1) is 12.5. The normalized spacial score (nSPS) is 19.2. The number of aliphatic hydroxyl groups is 1. The quantitative estimate of drug-likeness (QED) is 0.579. The van der Waals surface area contributed by atoms with Crippen LogP contribution in [0.3, 0.4) is 0 Å². The van der Waals surface area contributed by atoms with Crippen LogP contribution in [0.5, 0.6) is 0 Å². The molecule has 1 fully saturated rings. The molecule has 1 aromatic heterocycles. The van der Waals surface area contributed by atoms with Crippen molar-refractivity contribution in [3.8, 4) is 0 Å². The van der Waals surface area contributed by atoms with E-state index in [0.717, 1.165) is 6.42 Å². The molecule has 8 heteroatoms. The Bertz CT molecular complexity index is 479. The zero-order valence-electron chi connectivity index (χ0n) is 10.0. The highest BCUT2D eigenvalue weighted by Crippen LogP contribution is 2.32. The molecule has 98 valence electrons. The summed E-state index contributed by atoms with van der Waals surface area (Å²) in [6.07, 6.45) is 0.788. The molecule has 1 aliphatic heterocycles. The summed E-state index contributed by atoms with van der Waals surface area (Å²) in [7, 11) is 0. The minimum atomic E-state index is -0.490. The molecule has 18 heavy (non-hydrogen) atoms. The summed E-state index contributed by atoms with van der Waals surface area (Å²) < 4.78 is 0. The Balaban J connectivity index is 2.40. The molecule has 8 nitrogen and oxygen atoms in total. The summed E-state index contributed by atoms with van der Waals surface area (Å²) >= 11 is 0. The third-order valence-corrected chi connectivity index (χ3v) is 3.08. The van der Waals surface area contributed by atoms with Crippen molar-refractivity contribution >= 4 is 17.5 Å². The number of hydrogen-bond donors (Lipinski definition) is 2. The fourth-order valence-electron chi connectivity index (χ4n) is 2.18. The fourth-order valence-corrected chi connectivity index (χ4v) is 2.18. The maximum absolute atomic E-state index is 11.1. The molecule has 2 rings (SSSR count). The summed E-state index contributed by atoms with van der Waals surface area (Å²) in [5.74, 6) is 0.405. The molecule has 0 amide bonds. The zero-order valence-corrected chi connectivity index (χ0v) is 10.0. The number of aliphatic hydroxyl groups excluding tert-OH is 1. The number of aryl methyl sites for hydroxylation is 1. The van der Waals surface area contributed by atoms with Gasteiger partial charge in [0.05, 0.1) is 4.92 Å². The van der Waals surface area contributed by atoms with Crippen LogP contribution in [-0.2, 0) is 0 Å². The molecule has 1 atom stereocenters. The number of hydrogen-bond acceptors (Lipinski definition) is 7. The number of nitrogens with zero attached hydrogens (tertiary/aromatic N) is 4. The summed E-state index contributed by atoms with van der Waals surface area (Å²) in [5, 5.41) is 20.2. The van der Waals surface area contributed by atoms with Gasteiger partial charge in [0, 0.05) is 25.6 Å². The first-order valence-corrected chi connectivity index (χ1v) is 5.67. The zero-order chi connectivity index (χ0) is 13.3. The van der Waals surface area contributed by atoms with E-state index in [-0.39, 0.29) is 35.7 Å². The molecule has 1 saturated heterocycles. The number of anilines is 2. The largest absolute Gasteiger partial charge is 0.396 e. The molecule has 2 heterocycles. The second-order valence-electron chi connectivity index (χ2n) is 4.38. The highest BCUT2D eigenvalue weighted by atomic mass is 16.6. The maximum Gasteiger partial charge on any atom is 0.332 e. The fraction of sp³-hybridized carbons (Fsp3) is 0.600. The molecule has 0 saturated carbocycles. The van der Waals surface area contributed by atoms with Gasteiger partial charge in [0.15, 0.2) is 0 Å². The Labute approximate surface area is 104 Å². The van der Waals surface area contributed by atoms with Crippen LogP contribution in [-0.4, -0.2) is 39.7 Å². The van der Waals surface area contributed by atoms with Gasteiger partial charge in [0.25, 0.3) is 0 Å². The van der Waals surface area contributed by atoms with Crippen molar-refractivity contribution in [3.05, 3.63) is 15.8 Å². The van der Waals surface area contributed by atoms with Crippen LogP contribution in [0.4, 0.5) is 17.5 Å². The standard InChI is InChI=1S/C10H15N5O3/c1-6-8(15(17)18)9(13-10(11)12-6)14-3-2-7(4-14)5-16/h7,16H,2-5H2,1H3,(H2,11,12,13). The maximum atomic E-state index is 11.1. The third-order valence-electron chi connectivity index (χ3n) is 3.08. The van der Waals surface area contributed by atoms with E-state index >= 15 is 0 Å².